The fraction of sp³-hybridized carbons (Fsp3) is 0.222. The van der Waals surface area contributed by atoms with Gasteiger partial charge in [-0.3, -0.25) is 4.79 Å². The van der Waals surface area contributed by atoms with Crippen LogP contribution in [-0.4, -0.2) is 54.0 Å². The van der Waals surface area contributed by atoms with Gasteiger partial charge in [-0.05, 0) is 49.0 Å². The predicted molar refractivity (Wildman–Crippen MR) is 139 cm³/mol. The highest BCUT2D eigenvalue weighted by molar-refractivity contribution is 5.95. The van der Waals surface area contributed by atoms with Crippen LogP contribution in [0.25, 0.3) is 22.0 Å². The maximum Gasteiger partial charge on any atom is 0.227 e. The van der Waals surface area contributed by atoms with Gasteiger partial charge in [-0.15, -0.1) is 0 Å². The molecule has 1 saturated heterocycles. The van der Waals surface area contributed by atoms with Crippen LogP contribution in [0.5, 0.6) is 0 Å². The van der Waals surface area contributed by atoms with E-state index in [2.05, 4.69) is 56.7 Å². The molecule has 1 aromatic heterocycles. The Kier molecular flexibility index (Phi) is 6.10. The first-order chi connectivity index (χ1) is 16.5. The van der Waals surface area contributed by atoms with Gasteiger partial charge in [0, 0.05) is 67.3 Å². The number of anilines is 4. The van der Waals surface area contributed by atoms with Crippen LogP contribution in [0.15, 0.2) is 72.9 Å². The number of carbonyl (C=O) groups excluding carboxylic acids is 1. The van der Waals surface area contributed by atoms with E-state index in [1.54, 1.807) is 0 Å². The average Bonchev–Trinajstić information content (AvgIpc) is 2.84. The smallest absolute Gasteiger partial charge is 0.227 e. The van der Waals surface area contributed by atoms with Gasteiger partial charge in [0.15, 0.2) is 0 Å². The molecule has 172 valence electrons. The first-order valence-electron chi connectivity index (χ1n) is 11.5. The minimum Gasteiger partial charge on any atom is -0.369 e. The van der Waals surface area contributed by atoms with E-state index in [0.717, 1.165) is 59.6 Å². The number of hydrogen-bond donors (Lipinski definition) is 2. The van der Waals surface area contributed by atoms with E-state index >= 15 is 0 Å². The van der Waals surface area contributed by atoms with E-state index in [-0.39, 0.29) is 5.91 Å². The summed E-state index contributed by atoms with van der Waals surface area (Å²) in [6, 6.07) is 22.3. The zero-order valence-electron chi connectivity index (χ0n) is 19.5. The molecule has 0 spiro atoms. The summed E-state index contributed by atoms with van der Waals surface area (Å²) in [6.07, 6.45) is 1.84. The third-order valence-corrected chi connectivity index (χ3v) is 6.10. The van der Waals surface area contributed by atoms with Gasteiger partial charge < -0.3 is 20.4 Å². The standard InChI is InChI=1S/C27H28N6O/c1-19(34)29-23-7-3-5-20(17-23)25-8-4-6-21-18-28-27(31-26(21)25)30-22-9-11-24(12-10-22)33-15-13-32(2)14-16-33/h3-12,17-18H,13-16H2,1-2H3,(H,29,34)(H,28,30,31). The zero-order valence-corrected chi connectivity index (χ0v) is 19.5. The second kappa shape index (κ2) is 9.49. The third-order valence-electron chi connectivity index (χ3n) is 6.10. The van der Waals surface area contributed by atoms with Crippen molar-refractivity contribution in [2.24, 2.45) is 0 Å². The van der Waals surface area contributed by atoms with Gasteiger partial charge in [0.25, 0.3) is 0 Å². The van der Waals surface area contributed by atoms with Crippen molar-refractivity contribution in [3.8, 4) is 11.1 Å². The molecule has 1 aliphatic rings. The fourth-order valence-electron chi connectivity index (χ4n) is 4.27. The molecule has 0 atom stereocenters. The molecule has 0 radical (unpaired) electrons. The second-order valence-corrected chi connectivity index (χ2v) is 8.66. The molecule has 1 aliphatic heterocycles. The molecule has 3 aromatic carbocycles. The zero-order chi connectivity index (χ0) is 23.5. The number of likely N-dealkylation sites (N-methyl/N-ethyl adjacent to an activating group) is 1. The molecular formula is C27H28N6O. The fourth-order valence-corrected chi connectivity index (χ4v) is 4.27. The van der Waals surface area contributed by atoms with Crippen LogP contribution < -0.4 is 15.5 Å². The molecule has 7 heteroatoms. The van der Waals surface area contributed by atoms with Gasteiger partial charge in [-0.1, -0.05) is 30.3 Å². The van der Waals surface area contributed by atoms with E-state index in [1.165, 1.54) is 12.6 Å². The molecule has 0 bridgehead atoms. The number of para-hydroxylation sites is 1. The van der Waals surface area contributed by atoms with Crippen molar-refractivity contribution in [2.75, 3.05) is 48.8 Å². The molecule has 1 amide bonds. The highest BCUT2D eigenvalue weighted by atomic mass is 16.1. The summed E-state index contributed by atoms with van der Waals surface area (Å²) in [4.78, 5) is 25.6. The van der Waals surface area contributed by atoms with Crippen LogP contribution in [0.2, 0.25) is 0 Å². The lowest BCUT2D eigenvalue weighted by molar-refractivity contribution is -0.114. The van der Waals surface area contributed by atoms with Gasteiger partial charge in [0.05, 0.1) is 5.52 Å². The van der Waals surface area contributed by atoms with Crippen molar-refractivity contribution in [3.05, 3.63) is 72.9 Å². The van der Waals surface area contributed by atoms with Gasteiger partial charge in [-0.2, -0.15) is 0 Å². The number of benzene rings is 3. The summed E-state index contributed by atoms with van der Waals surface area (Å²) in [6.45, 7) is 5.77. The molecule has 2 heterocycles. The lowest BCUT2D eigenvalue weighted by Crippen LogP contribution is -2.44. The quantitative estimate of drug-likeness (QED) is 0.455. The molecule has 0 saturated carbocycles. The summed E-state index contributed by atoms with van der Waals surface area (Å²) in [7, 11) is 2.17. The maximum absolute atomic E-state index is 11.5. The van der Waals surface area contributed by atoms with E-state index in [9.17, 15) is 4.79 Å². The number of hydrogen-bond acceptors (Lipinski definition) is 6. The van der Waals surface area contributed by atoms with E-state index < -0.39 is 0 Å². The molecule has 1 fully saturated rings. The summed E-state index contributed by atoms with van der Waals surface area (Å²) >= 11 is 0. The highest BCUT2D eigenvalue weighted by Gasteiger charge is 2.14. The molecule has 0 unspecified atom stereocenters. The van der Waals surface area contributed by atoms with Crippen molar-refractivity contribution < 1.29 is 4.79 Å². The van der Waals surface area contributed by atoms with Crippen molar-refractivity contribution >= 4 is 39.8 Å². The van der Waals surface area contributed by atoms with Crippen LogP contribution in [-0.2, 0) is 4.79 Å². The Hall–Kier alpha value is -3.97. The largest absolute Gasteiger partial charge is 0.369 e. The number of carbonyl (C=O) groups is 1. The Morgan fingerprint density at radius 2 is 1.68 bits per heavy atom. The van der Waals surface area contributed by atoms with Gasteiger partial charge >= 0.3 is 0 Å². The lowest BCUT2D eigenvalue weighted by Gasteiger charge is -2.34. The first kappa shape index (κ1) is 21.9. The average molecular weight is 453 g/mol. The number of piperazine rings is 1. The molecule has 0 aliphatic carbocycles. The summed E-state index contributed by atoms with van der Waals surface area (Å²) in [5, 5.41) is 7.15. The maximum atomic E-state index is 11.5. The minimum atomic E-state index is -0.0949. The Labute approximate surface area is 199 Å². The predicted octanol–water partition coefficient (Wildman–Crippen LogP) is 4.75. The van der Waals surface area contributed by atoms with Crippen LogP contribution in [0.1, 0.15) is 6.92 Å². The van der Waals surface area contributed by atoms with Crippen molar-refractivity contribution in [2.45, 2.75) is 6.92 Å². The van der Waals surface area contributed by atoms with Gasteiger partial charge in [0.1, 0.15) is 0 Å². The Morgan fingerprint density at radius 1 is 0.912 bits per heavy atom. The number of fused-ring (bicyclic) bond motifs is 1. The minimum absolute atomic E-state index is 0.0949. The van der Waals surface area contributed by atoms with Gasteiger partial charge in [0.2, 0.25) is 11.9 Å². The summed E-state index contributed by atoms with van der Waals surface area (Å²) in [5.41, 5.74) is 5.77. The molecule has 5 rings (SSSR count). The Morgan fingerprint density at radius 3 is 2.44 bits per heavy atom. The van der Waals surface area contributed by atoms with Crippen LogP contribution >= 0.6 is 0 Å². The topological polar surface area (TPSA) is 73.4 Å². The van der Waals surface area contributed by atoms with Gasteiger partial charge in [-0.25, -0.2) is 9.97 Å². The number of rotatable bonds is 5. The summed E-state index contributed by atoms with van der Waals surface area (Å²) in [5.74, 6) is 0.452. The SMILES string of the molecule is CC(=O)Nc1cccc(-c2cccc3cnc(Nc4ccc(N5CCN(C)CC5)cc4)nc23)c1. The molecule has 7 nitrogen and oxygen atoms in total. The van der Waals surface area contributed by atoms with Crippen molar-refractivity contribution in [1.29, 1.82) is 0 Å². The lowest BCUT2D eigenvalue weighted by atomic mass is 10.0. The Balaban J connectivity index is 1.40. The van der Waals surface area contributed by atoms with Crippen LogP contribution in [0.4, 0.5) is 23.0 Å². The molecule has 2 N–H and O–H groups in total. The highest BCUT2D eigenvalue weighted by Crippen LogP contribution is 2.30. The summed E-state index contributed by atoms with van der Waals surface area (Å²) < 4.78 is 0. The normalized spacial score (nSPS) is 14.2. The number of nitrogens with zero attached hydrogens (tertiary/aromatic N) is 4. The second-order valence-electron chi connectivity index (χ2n) is 8.66. The molecular weight excluding hydrogens is 424 g/mol. The molecule has 4 aromatic rings. The third kappa shape index (κ3) is 4.84. The monoisotopic (exact) mass is 452 g/mol. The number of amides is 1. The van der Waals surface area contributed by atoms with Crippen LogP contribution in [0, 0.1) is 0 Å². The first-order valence-corrected chi connectivity index (χ1v) is 11.5. The van der Waals surface area contributed by atoms with E-state index in [4.69, 9.17) is 4.98 Å². The Bertz CT molecular complexity index is 1310. The van der Waals surface area contributed by atoms with E-state index in [1.807, 2.05) is 48.7 Å². The van der Waals surface area contributed by atoms with E-state index in [0.29, 0.717) is 5.95 Å². The van der Waals surface area contributed by atoms with Crippen LogP contribution in [0.3, 0.4) is 0 Å². The van der Waals surface area contributed by atoms with Crippen molar-refractivity contribution in [1.82, 2.24) is 14.9 Å². The number of nitrogens with one attached hydrogen (secondary N) is 2. The van der Waals surface area contributed by atoms with Crippen molar-refractivity contribution in [3.63, 3.8) is 0 Å². The number of aromatic nitrogens is 2. The molecule has 34 heavy (non-hydrogen) atoms.